The molecule has 2 aromatic carbocycles. The van der Waals surface area contributed by atoms with Crippen molar-refractivity contribution in [3.8, 4) is 12.3 Å². The maximum absolute atomic E-state index is 14.8. The van der Waals surface area contributed by atoms with Crippen molar-refractivity contribution in [3.63, 3.8) is 0 Å². The molecule has 3 heterocycles. The fourth-order valence-corrected chi connectivity index (χ4v) is 5.83. The zero-order valence-corrected chi connectivity index (χ0v) is 21.4. The third-order valence-corrected chi connectivity index (χ3v) is 7.64. The summed E-state index contributed by atoms with van der Waals surface area (Å²) in [5.74, 6) is 1.48. The van der Waals surface area contributed by atoms with E-state index in [2.05, 4.69) is 21.9 Å². The lowest BCUT2D eigenvalue weighted by Gasteiger charge is -2.30. The fraction of sp³-hybridized carbons (Fsp3) is 0.393. The number of nitrogens with one attached hydrogen (secondary N) is 3. The molecule has 4 atom stereocenters. The number of amides is 3. The zero-order valence-electron chi connectivity index (χ0n) is 20.6. The quantitative estimate of drug-likeness (QED) is 0.525. The molecular weight excluding hydrogens is 495 g/mol. The van der Waals surface area contributed by atoms with Gasteiger partial charge in [0.2, 0.25) is 17.7 Å². The van der Waals surface area contributed by atoms with Gasteiger partial charge in [-0.2, -0.15) is 0 Å². The first-order valence-corrected chi connectivity index (χ1v) is 12.6. The maximum Gasteiger partial charge on any atom is 0.246 e. The number of anilines is 2. The monoisotopic (exact) mass is 522 g/mol. The summed E-state index contributed by atoms with van der Waals surface area (Å²) in [5, 5.41) is 9.32. The van der Waals surface area contributed by atoms with Gasteiger partial charge in [-0.05, 0) is 49.6 Å². The summed E-state index contributed by atoms with van der Waals surface area (Å²) in [4.78, 5) is 41.6. The minimum Gasteiger partial charge on any atom is -0.373 e. The number of terminal acetylenes is 1. The highest BCUT2D eigenvalue weighted by Crippen LogP contribution is 2.46. The van der Waals surface area contributed by atoms with Crippen LogP contribution in [0.15, 0.2) is 42.5 Å². The van der Waals surface area contributed by atoms with Crippen molar-refractivity contribution in [2.45, 2.75) is 62.3 Å². The van der Waals surface area contributed by atoms with Gasteiger partial charge in [-0.15, -0.1) is 6.42 Å². The van der Waals surface area contributed by atoms with Crippen LogP contribution in [0, 0.1) is 12.3 Å². The highest BCUT2D eigenvalue weighted by molar-refractivity contribution is 6.30. The molecule has 0 saturated carbocycles. The predicted molar refractivity (Wildman–Crippen MR) is 140 cm³/mol. The minimum atomic E-state index is -1.74. The summed E-state index contributed by atoms with van der Waals surface area (Å²) in [7, 11) is 0. The molecule has 2 aromatic rings. The molecule has 7 nitrogen and oxygen atoms in total. The number of hydrogen-bond donors (Lipinski definition) is 3. The number of nitrogens with zero attached hydrogens (tertiary/aromatic N) is 1. The van der Waals surface area contributed by atoms with Crippen molar-refractivity contribution in [1.29, 1.82) is 0 Å². The minimum absolute atomic E-state index is 0.0499. The Balaban J connectivity index is 1.38. The molecule has 9 heteroatoms. The standard InChI is InChI=1S/C28H28ClFN4O3/c1-4-18-13-28(19-7-5-6-8-20(19)33-26(28)37)15-34(18)25(36)23(14-27(2,3)30)32-24(35)22-11-16-9-10-17(29)12-21(16)31-22/h1,5-10,12,18,22-23,31H,11,13-15H2,2-3H3,(H,32,35)(H,33,37)/t18-,22?,23+,28+/m1/s1. The lowest BCUT2D eigenvalue weighted by molar-refractivity contribution is -0.138. The van der Waals surface area contributed by atoms with Crippen molar-refractivity contribution >= 4 is 40.7 Å². The average molecular weight is 523 g/mol. The smallest absolute Gasteiger partial charge is 0.246 e. The van der Waals surface area contributed by atoms with Crippen LogP contribution in [0.1, 0.15) is 37.8 Å². The van der Waals surface area contributed by atoms with Crippen LogP contribution in [0.25, 0.3) is 0 Å². The number of hydrogen-bond acceptors (Lipinski definition) is 4. The molecule has 5 rings (SSSR count). The van der Waals surface area contributed by atoms with Gasteiger partial charge < -0.3 is 20.9 Å². The van der Waals surface area contributed by atoms with Gasteiger partial charge in [0.15, 0.2) is 0 Å². The SMILES string of the molecule is C#C[C@@H]1C[C@@]2(CN1C(=O)[C@H](CC(C)(C)F)NC(=O)C1Cc3ccc(Cl)cc3N1)C(=O)Nc1ccccc12. The van der Waals surface area contributed by atoms with Gasteiger partial charge in [0.1, 0.15) is 17.8 Å². The van der Waals surface area contributed by atoms with E-state index in [0.717, 1.165) is 16.8 Å². The van der Waals surface area contributed by atoms with Crippen molar-refractivity contribution in [3.05, 3.63) is 58.6 Å². The zero-order chi connectivity index (χ0) is 26.5. The van der Waals surface area contributed by atoms with E-state index in [4.69, 9.17) is 18.0 Å². The lowest BCUT2D eigenvalue weighted by Crippen LogP contribution is -2.55. The Morgan fingerprint density at radius 2 is 2.05 bits per heavy atom. The maximum atomic E-state index is 14.8. The summed E-state index contributed by atoms with van der Waals surface area (Å²) in [6, 6.07) is 10.2. The van der Waals surface area contributed by atoms with Crippen molar-refractivity contribution in [2.24, 2.45) is 0 Å². The topological polar surface area (TPSA) is 90.5 Å². The molecule has 3 N–H and O–H groups in total. The van der Waals surface area contributed by atoms with Gasteiger partial charge >= 0.3 is 0 Å². The number of fused-ring (bicyclic) bond motifs is 3. The van der Waals surface area contributed by atoms with Gasteiger partial charge in [-0.25, -0.2) is 4.39 Å². The summed E-state index contributed by atoms with van der Waals surface area (Å²) in [5.41, 5.74) is 0.428. The second kappa shape index (κ2) is 9.07. The number of benzene rings is 2. The number of halogens is 2. The van der Waals surface area contributed by atoms with Crippen LogP contribution in [0.3, 0.4) is 0 Å². The van der Waals surface area contributed by atoms with Crippen molar-refractivity contribution < 1.29 is 18.8 Å². The molecule has 1 fully saturated rings. The number of carbonyl (C=O) groups excluding carboxylic acids is 3. The molecule has 0 aromatic heterocycles. The van der Waals surface area contributed by atoms with Crippen LogP contribution in [0.5, 0.6) is 0 Å². The number of para-hydroxylation sites is 1. The number of rotatable bonds is 5. The molecule has 1 unspecified atom stereocenters. The molecule has 0 aliphatic carbocycles. The second-order valence-corrected chi connectivity index (χ2v) is 11.1. The average Bonchev–Trinajstić information content (AvgIpc) is 3.51. The van der Waals surface area contributed by atoms with Crippen molar-refractivity contribution in [2.75, 3.05) is 17.2 Å². The normalized spacial score (nSPS) is 24.6. The molecule has 192 valence electrons. The Morgan fingerprint density at radius 3 is 2.78 bits per heavy atom. The van der Waals surface area contributed by atoms with E-state index in [0.29, 0.717) is 17.1 Å². The van der Waals surface area contributed by atoms with Gasteiger partial charge in [0.05, 0.1) is 11.5 Å². The van der Waals surface area contributed by atoms with E-state index >= 15 is 0 Å². The number of carbonyl (C=O) groups is 3. The molecule has 3 aliphatic rings. The molecule has 1 saturated heterocycles. The molecule has 0 radical (unpaired) electrons. The largest absolute Gasteiger partial charge is 0.373 e. The van der Waals surface area contributed by atoms with Crippen molar-refractivity contribution in [1.82, 2.24) is 10.2 Å². The van der Waals surface area contributed by atoms with E-state index < -0.39 is 41.0 Å². The van der Waals surface area contributed by atoms with E-state index in [-0.39, 0.29) is 25.3 Å². The molecule has 0 bridgehead atoms. The number of alkyl halides is 1. The van der Waals surface area contributed by atoms with Gasteiger partial charge in [0, 0.05) is 35.8 Å². The number of likely N-dealkylation sites (tertiary alicyclic amines) is 1. The van der Waals surface area contributed by atoms with Crippen LogP contribution < -0.4 is 16.0 Å². The Hall–Kier alpha value is -3.57. The highest BCUT2D eigenvalue weighted by Gasteiger charge is 2.56. The van der Waals surface area contributed by atoms with Gasteiger partial charge in [0.25, 0.3) is 0 Å². The molecule has 1 spiro atoms. The van der Waals surface area contributed by atoms with Crippen LogP contribution in [-0.2, 0) is 26.2 Å². The Bertz CT molecular complexity index is 1330. The fourth-order valence-electron chi connectivity index (χ4n) is 5.66. The summed E-state index contributed by atoms with van der Waals surface area (Å²) >= 11 is 6.07. The molecule has 37 heavy (non-hydrogen) atoms. The van der Waals surface area contributed by atoms with Crippen LogP contribution >= 0.6 is 11.6 Å². The summed E-state index contributed by atoms with van der Waals surface area (Å²) in [6.45, 7) is 2.76. The third-order valence-electron chi connectivity index (χ3n) is 7.41. The Labute approximate surface area is 220 Å². The van der Waals surface area contributed by atoms with E-state index in [9.17, 15) is 18.8 Å². The first kappa shape index (κ1) is 25.1. The first-order chi connectivity index (χ1) is 17.5. The molecule has 3 aliphatic heterocycles. The highest BCUT2D eigenvalue weighted by atomic mass is 35.5. The van der Waals surface area contributed by atoms with E-state index in [1.54, 1.807) is 12.1 Å². The molecular formula is C28H28ClFN4O3. The Morgan fingerprint density at radius 1 is 1.30 bits per heavy atom. The second-order valence-electron chi connectivity index (χ2n) is 10.6. The molecule has 3 amide bonds. The predicted octanol–water partition coefficient (Wildman–Crippen LogP) is 3.42. The van der Waals surface area contributed by atoms with E-state index in [1.165, 1.54) is 18.7 Å². The Kier molecular flexibility index (Phi) is 6.15. The lowest BCUT2D eigenvalue weighted by atomic mass is 9.79. The van der Waals surface area contributed by atoms with Gasteiger partial charge in [-0.3, -0.25) is 14.4 Å². The van der Waals surface area contributed by atoms with Crippen LogP contribution in [0.4, 0.5) is 15.8 Å². The summed E-state index contributed by atoms with van der Waals surface area (Å²) < 4.78 is 14.8. The van der Waals surface area contributed by atoms with Crippen LogP contribution in [0.2, 0.25) is 5.02 Å². The van der Waals surface area contributed by atoms with E-state index in [1.807, 2.05) is 30.3 Å². The summed E-state index contributed by atoms with van der Waals surface area (Å²) in [6.07, 6.45) is 6.23. The third kappa shape index (κ3) is 4.53. The van der Waals surface area contributed by atoms with Crippen LogP contribution in [-0.4, -0.2) is 53.0 Å². The first-order valence-electron chi connectivity index (χ1n) is 12.2. The van der Waals surface area contributed by atoms with Gasteiger partial charge in [-0.1, -0.05) is 41.8 Å².